The van der Waals surface area contributed by atoms with Gasteiger partial charge in [-0.3, -0.25) is 0 Å². The number of aliphatic hydroxyl groups excluding tert-OH is 1. The average molecular weight is 265 g/mol. The predicted octanol–water partition coefficient (Wildman–Crippen LogP) is 1.41. The molecule has 6 heteroatoms. The van der Waals surface area contributed by atoms with E-state index < -0.39 is 23.6 Å². The number of rotatable bonds is 2. The van der Waals surface area contributed by atoms with E-state index in [2.05, 4.69) is 15.9 Å². The Kier molecular flexibility index (Phi) is 3.07. The highest BCUT2D eigenvalue weighted by molar-refractivity contribution is 9.10. The molecule has 0 heterocycles. The minimum Gasteiger partial charge on any atom is -0.506 e. The maximum atomic E-state index is 12.8. The van der Waals surface area contributed by atoms with Crippen LogP contribution in [0.15, 0.2) is 16.6 Å². The summed E-state index contributed by atoms with van der Waals surface area (Å²) in [4.78, 5) is 10.4. The molecule has 0 radical (unpaired) electrons. The lowest BCUT2D eigenvalue weighted by Gasteiger charge is -2.09. The summed E-state index contributed by atoms with van der Waals surface area (Å²) in [6.45, 7) is 0. The Morgan fingerprint density at radius 1 is 1.50 bits per heavy atom. The van der Waals surface area contributed by atoms with E-state index in [-0.39, 0.29) is 10.0 Å². The largest absolute Gasteiger partial charge is 0.506 e. The van der Waals surface area contributed by atoms with Crippen LogP contribution in [0.5, 0.6) is 5.75 Å². The molecule has 1 aromatic rings. The highest BCUT2D eigenvalue weighted by atomic mass is 79.9. The van der Waals surface area contributed by atoms with Gasteiger partial charge in [-0.25, -0.2) is 9.18 Å². The second kappa shape index (κ2) is 3.93. The van der Waals surface area contributed by atoms with E-state index in [1.54, 1.807) is 0 Å². The van der Waals surface area contributed by atoms with E-state index in [4.69, 9.17) is 10.2 Å². The van der Waals surface area contributed by atoms with Crippen LogP contribution in [0.1, 0.15) is 11.7 Å². The second-order valence-electron chi connectivity index (χ2n) is 2.54. The first kappa shape index (κ1) is 10.9. The minimum absolute atomic E-state index is 0.259. The van der Waals surface area contributed by atoms with Crippen molar-refractivity contribution in [2.45, 2.75) is 6.10 Å². The van der Waals surface area contributed by atoms with Gasteiger partial charge < -0.3 is 15.3 Å². The molecule has 0 aliphatic carbocycles. The SMILES string of the molecule is O=C(O)C(O)c1ccc(F)c(Br)c1O. The maximum absolute atomic E-state index is 12.8. The lowest BCUT2D eigenvalue weighted by molar-refractivity contribution is -0.147. The van der Waals surface area contributed by atoms with Gasteiger partial charge in [-0.15, -0.1) is 0 Å². The van der Waals surface area contributed by atoms with Gasteiger partial charge in [-0.1, -0.05) is 0 Å². The topological polar surface area (TPSA) is 77.8 Å². The van der Waals surface area contributed by atoms with Crippen LogP contribution in [0.4, 0.5) is 4.39 Å². The molecular formula is C8H6BrFO4. The fraction of sp³-hybridized carbons (Fsp3) is 0.125. The minimum atomic E-state index is -1.87. The number of carboxylic acids is 1. The third-order valence-electron chi connectivity index (χ3n) is 1.63. The van der Waals surface area contributed by atoms with Gasteiger partial charge in [-0.05, 0) is 28.1 Å². The number of aliphatic carboxylic acids is 1. The Bertz CT molecular complexity index is 380. The van der Waals surface area contributed by atoms with Gasteiger partial charge in [0.1, 0.15) is 11.6 Å². The average Bonchev–Trinajstić information content (AvgIpc) is 2.13. The second-order valence-corrected chi connectivity index (χ2v) is 3.33. The smallest absolute Gasteiger partial charge is 0.337 e. The molecule has 14 heavy (non-hydrogen) atoms. The zero-order valence-electron chi connectivity index (χ0n) is 6.74. The summed E-state index contributed by atoms with van der Waals surface area (Å²) in [6.07, 6.45) is -1.87. The van der Waals surface area contributed by atoms with Crippen LogP contribution >= 0.6 is 15.9 Å². The Balaban J connectivity index is 3.24. The quantitative estimate of drug-likeness (QED) is 0.755. The predicted molar refractivity (Wildman–Crippen MR) is 48.4 cm³/mol. The molecule has 0 spiro atoms. The third kappa shape index (κ3) is 1.85. The Morgan fingerprint density at radius 3 is 2.57 bits per heavy atom. The summed E-state index contributed by atoms with van der Waals surface area (Å²) in [5.41, 5.74) is -0.259. The molecule has 0 amide bonds. The summed E-state index contributed by atoms with van der Waals surface area (Å²) in [5, 5.41) is 26.8. The third-order valence-corrected chi connectivity index (χ3v) is 2.38. The summed E-state index contributed by atoms with van der Waals surface area (Å²) in [6, 6.07) is 1.96. The molecule has 0 saturated heterocycles. The van der Waals surface area contributed by atoms with Crippen molar-refractivity contribution in [2.75, 3.05) is 0 Å². The zero-order chi connectivity index (χ0) is 10.9. The maximum Gasteiger partial charge on any atom is 0.337 e. The summed E-state index contributed by atoms with van der Waals surface area (Å²) in [5.74, 6) is -2.86. The van der Waals surface area contributed by atoms with Crippen molar-refractivity contribution in [3.63, 3.8) is 0 Å². The molecule has 1 aromatic carbocycles. The van der Waals surface area contributed by atoms with Crippen molar-refractivity contribution in [3.8, 4) is 5.75 Å². The van der Waals surface area contributed by atoms with E-state index in [1.165, 1.54) is 0 Å². The van der Waals surface area contributed by atoms with Gasteiger partial charge in [0, 0.05) is 5.56 Å². The van der Waals surface area contributed by atoms with Crippen molar-refractivity contribution >= 4 is 21.9 Å². The normalized spacial score (nSPS) is 12.5. The number of benzene rings is 1. The first-order valence-electron chi connectivity index (χ1n) is 3.53. The summed E-state index contributed by atoms with van der Waals surface area (Å²) in [7, 11) is 0. The number of aromatic hydroxyl groups is 1. The number of phenols is 1. The van der Waals surface area contributed by atoms with E-state index >= 15 is 0 Å². The van der Waals surface area contributed by atoms with Crippen molar-refractivity contribution in [2.24, 2.45) is 0 Å². The summed E-state index contributed by atoms with van der Waals surface area (Å²) >= 11 is 2.72. The van der Waals surface area contributed by atoms with Crippen molar-refractivity contribution in [1.29, 1.82) is 0 Å². The van der Waals surface area contributed by atoms with Gasteiger partial charge in [0.15, 0.2) is 6.10 Å². The molecule has 1 unspecified atom stereocenters. The highest BCUT2D eigenvalue weighted by Crippen LogP contribution is 2.33. The molecule has 4 nitrogen and oxygen atoms in total. The molecule has 0 aliphatic heterocycles. The molecule has 0 bridgehead atoms. The first-order valence-corrected chi connectivity index (χ1v) is 4.32. The molecule has 0 fully saturated rings. The van der Waals surface area contributed by atoms with E-state index in [9.17, 15) is 14.3 Å². The van der Waals surface area contributed by atoms with Crippen LogP contribution in [0, 0.1) is 5.82 Å². The fourth-order valence-electron chi connectivity index (χ4n) is 0.909. The Morgan fingerprint density at radius 2 is 2.07 bits per heavy atom. The van der Waals surface area contributed by atoms with Crippen LogP contribution in [0.3, 0.4) is 0 Å². The lowest BCUT2D eigenvalue weighted by Crippen LogP contribution is -2.10. The highest BCUT2D eigenvalue weighted by Gasteiger charge is 2.22. The molecule has 3 N–H and O–H groups in total. The molecule has 0 saturated carbocycles. The van der Waals surface area contributed by atoms with E-state index in [0.29, 0.717) is 0 Å². The van der Waals surface area contributed by atoms with Gasteiger partial charge in [0.2, 0.25) is 0 Å². The fourth-order valence-corrected chi connectivity index (χ4v) is 1.27. The Labute approximate surface area is 86.7 Å². The molecule has 0 aliphatic rings. The number of hydrogen-bond donors (Lipinski definition) is 3. The number of carboxylic acid groups (broad SMARTS) is 1. The number of halogens is 2. The number of phenolic OH excluding ortho intramolecular Hbond substituents is 1. The monoisotopic (exact) mass is 264 g/mol. The summed E-state index contributed by atoms with van der Waals surface area (Å²) < 4.78 is 12.5. The number of hydrogen-bond acceptors (Lipinski definition) is 3. The van der Waals surface area contributed by atoms with Gasteiger partial charge in [0.25, 0.3) is 0 Å². The van der Waals surface area contributed by atoms with Crippen LogP contribution in [-0.2, 0) is 4.79 Å². The molecule has 76 valence electrons. The molecular weight excluding hydrogens is 259 g/mol. The van der Waals surface area contributed by atoms with Crippen LogP contribution in [0.2, 0.25) is 0 Å². The van der Waals surface area contributed by atoms with Crippen molar-refractivity contribution in [3.05, 3.63) is 28.0 Å². The van der Waals surface area contributed by atoms with E-state index in [1.807, 2.05) is 0 Å². The van der Waals surface area contributed by atoms with Gasteiger partial charge >= 0.3 is 5.97 Å². The number of aliphatic hydroxyl groups is 1. The van der Waals surface area contributed by atoms with Crippen molar-refractivity contribution in [1.82, 2.24) is 0 Å². The zero-order valence-corrected chi connectivity index (χ0v) is 8.32. The van der Waals surface area contributed by atoms with Crippen molar-refractivity contribution < 1.29 is 24.5 Å². The van der Waals surface area contributed by atoms with Gasteiger partial charge in [-0.2, -0.15) is 0 Å². The van der Waals surface area contributed by atoms with Gasteiger partial charge in [0.05, 0.1) is 4.47 Å². The first-order chi connectivity index (χ1) is 6.45. The lowest BCUT2D eigenvalue weighted by atomic mass is 10.1. The van der Waals surface area contributed by atoms with Crippen LogP contribution in [0.25, 0.3) is 0 Å². The molecule has 0 aromatic heterocycles. The van der Waals surface area contributed by atoms with Crippen LogP contribution < -0.4 is 0 Å². The molecule has 1 atom stereocenters. The number of carbonyl (C=O) groups is 1. The molecule has 1 rings (SSSR count). The van der Waals surface area contributed by atoms with Crippen LogP contribution in [-0.4, -0.2) is 21.3 Å². The Hall–Kier alpha value is -1.14. The standard InChI is InChI=1S/C8H6BrFO4/c9-5-4(10)2-1-3(6(5)11)7(12)8(13)14/h1-2,7,11-12H,(H,13,14). The van der Waals surface area contributed by atoms with E-state index in [0.717, 1.165) is 12.1 Å².